The Hall–Kier alpha value is -1.61. The Morgan fingerprint density at radius 3 is 2.39 bits per heavy atom. The molecule has 0 heterocycles. The molecule has 0 amide bonds. The molecule has 0 bridgehead atoms. The first-order chi connectivity index (χ1) is 8.37. The predicted octanol–water partition coefficient (Wildman–Crippen LogP) is 3.03. The molecule has 3 heteroatoms. The van der Waals surface area contributed by atoms with Crippen LogP contribution in [0.1, 0.15) is 26.3 Å². The molecule has 98 valence electrons. The number of hydroxylamine groups is 3. The minimum Gasteiger partial charge on any atom is -0.271 e. The van der Waals surface area contributed by atoms with Gasteiger partial charge in [0.25, 0.3) is 0 Å². The summed E-state index contributed by atoms with van der Waals surface area (Å²) in [7, 11) is 1.91. The van der Waals surface area contributed by atoms with E-state index >= 15 is 0 Å². The van der Waals surface area contributed by atoms with Crippen LogP contribution in [0.25, 0.3) is 0 Å². The van der Waals surface area contributed by atoms with Gasteiger partial charge in [0.1, 0.15) is 13.6 Å². The molecule has 1 aromatic carbocycles. The van der Waals surface area contributed by atoms with Crippen LogP contribution in [0.4, 0.5) is 0 Å². The Balaban J connectivity index is 3.13. The topological polar surface area (TPSA) is 26.3 Å². The number of carbonyl (C=O) groups is 1. The molecule has 1 rings (SSSR count). The molecular formula is C15H22NO2+. The average Bonchev–Trinajstić information content (AvgIpc) is 2.39. The molecule has 0 radical (unpaired) electrons. The van der Waals surface area contributed by atoms with Crippen molar-refractivity contribution in [1.29, 1.82) is 0 Å². The monoisotopic (exact) mass is 248 g/mol. The molecule has 0 aliphatic heterocycles. The fourth-order valence-electron chi connectivity index (χ4n) is 1.93. The van der Waals surface area contributed by atoms with Crippen LogP contribution in [0.5, 0.6) is 0 Å². The normalized spacial score (nSPS) is 14.7. The summed E-state index contributed by atoms with van der Waals surface area (Å²) < 4.78 is 0.182. The zero-order valence-corrected chi connectivity index (χ0v) is 11.6. The summed E-state index contributed by atoms with van der Waals surface area (Å²) in [5, 5.41) is 0. The van der Waals surface area contributed by atoms with Gasteiger partial charge in [-0.25, -0.2) is 4.79 Å². The number of nitrogens with zero attached hydrogens (tertiary/aromatic N) is 1. The van der Waals surface area contributed by atoms with Crippen LogP contribution < -0.4 is 0 Å². The summed E-state index contributed by atoms with van der Waals surface area (Å²) in [6.07, 6.45) is 1.20. The molecular weight excluding hydrogens is 226 g/mol. The summed E-state index contributed by atoms with van der Waals surface area (Å²) in [6.45, 7) is 10.3. The van der Waals surface area contributed by atoms with Crippen molar-refractivity contribution in [2.45, 2.75) is 26.3 Å². The summed E-state index contributed by atoms with van der Waals surface area (Å²) in [5.74, 6) is -0.400. The fraction of sp³-hybridized carbons (Fsp3) is 0.400. The molecule has 1 aromatic rings. The van der Waals surface area contributed by atoms with E-state index in [1.54, 1.807) is 0 Å². The van der Waals surface area contributed by atoms with Crippen LogP contribution in [0.2, 0.25) is 0 Å². The van der Waals surface area contributed by atoms with Gasteiger partial charge in [-0.3, -0.25) is 4.84 Å². The van der Waals surface area contributed by atoms with Gasteiger partial charge in [-0.1, -0.05) is 36.9 Å². The predicted molar refractivity (Wildman–Crippen MR) is 72.5 cm³/mol. The zero-order valence-electron chi connectivity index (χ0n) is 11.6. The molecule has 0 aromatic heterocycles. The van der Waals surface area contributed by atoms with E-state index in [2.05, 4.69) is 20.4 Å². The van der Waals surface area contributed by atoms with Crippen molar-refractivity contribution in [2.24, 2.45) is 0 Å². The molecule has 3 nitrogen and oxygen atoms in total. The van der Waals surface area contributed by atoms with Crippen molar-refractivity contribution < 1.29 is 14.3 Å². The Morgan fingerprint density at radius 1 is 1.39 bits per heavy atom. The molecule has 1 atom stereocenters. The van der Waals surface area contributed by atoms with E-state index in [-0.39, 0.29) is 10.2 Å². The first-order valence-corrected chi connectivity index (χ1v) is 6.14. The van der Waals surface area contributed by atoms with Crippen molar-refractivity contribution in [3.05, 3.63) is 48.6 Å². The van der Waals surface area contributed by atoms with E-state index in [0.717, 1.165) is 5.56 Å². The lowest BCUT2D eigenvalue weighted by Crippen LogP contribution is -2.57. The van der Waals surface area contributed by atoms with Gasteiger partial charge in [-0.05, 0) is 20.8 Å². The number of hydrogen-bond donors (Lipinski definition) is 0. The molecule has 18 heavy (non-hydrogen) atoms. The van der Waals surface area contributed by atoms with Gasteiger partial charge >= 0.3 is 5.97 Å². The highest BCUT2D eigenvalue weighted by molar-refractivity contribution is 5.80. The standard InChI is InChI=1S/C15H22NO2/c1-6-14(17)18-16(5,7-2)15(3,4)13-11-9-8-10-12-13/h6,8-12H,1,7H2,2-5H3/q+1. The molecule has 0 fully saturated rings. The van der Waals surface area contributed by atoms with Gasteiger partial charge in [0.05, 0.1) is 0 Å². The lowest BCUT2D eigenvalue weighted by Gasteiger charge is -2.42. The van der Waals surface area contributed by atoms with Gasteiger partial charge in [-0.15, -0.1) is 4.65 Å². The minimum atomic E-state index is -0.400. The quantitative estimate of drug-likeness (QED) is 0.455. The summed E-state index contributed by atoms with van der Waals surface area (Å²) in [4.78, 5) is 17.0. The van der Waals surface area contributed by atoms with E-state index in [1.165, 1.54) is 6.08 Å². The van der Waals surface area contributed by atoms with Crippen molar-refractivity contribution >= 4 is 5.97 Å². The van der Waals surface area contributed by atoms with E-state index in [4.69, 9.17) is 4.84 Å². The van der Waals surface area contributed by atoms with Crippen LogP contribution >= 0.6 is 0 Å². The van der Waals surface area contributed by atoms with Gasteiger partial charge in [0, 0.05) is 11.6 Å². The van der Waals surface area contributed by atoms with E-state index in [9.17, 15) is 4.79 Å². The van der Waals surface area contributed by atoms with Crippen molar-refractivity contribution in [2.75, 3.05) is 13.6 Å². The highest BCUT2D eigenvalue weighted by Gasteiger charge is 2.44. The highest BCUT2D eigenvalue weighted by Crippen LogP contribution is 2.33. The lowest BCUT2D eigenvalue weighted by molar-refractivity contribution is -1.11. The molecule has 0 saturated heterocycles. The molecule has 0 saturated carbocycles. The van der Waals surface area contributed by atoms with Crippen molar-refractivity contribution in [3.63, 3.8) is 0 Å². The van der Waals surface area contributed by atoms with Crippen LogP contribution in [0.15, 0.2) is 43.0 Å². The third-order valence-electron chi connectivity index (χ3n) is 3.72. The van der Waals surface area contributed by atoms with Crippen LogP contribution in [-0.4, -0.2) is 24.2 Å². The molecule has 1 unspecified atom stereocenters. The summed E-state index contributed by atoms with van der Waals surface area (Å²) >= 11 is 0. The average molecular weight is 248 g/mol. The van der Waals surface area contributed by atoms with Crippen LogP contribution in [0.3, 0.4) is 0 Å². The number of rotatable bonds is 5. The summed E-state index contributed by atoms with van der Waals surface area (Å²) in [5.41, 5.74) is 0.806. The second kappa shape index (κ2) is 5.36. The second-order valence-electron chi connectivity index (χ2n) is 4.96. The highest BCUT2D eigenvalue weighted by atomic mass is 16.7. The van der Waals surface area contributed by atoms with Crippen molar-refractivity contribution in [1.82, 2.24) is 0 Å². The van der Waals surface area contributed by atoms with E-state index < -0.39 is 5.97 Å². The van der Waals surface area contributed by atoms with E-state index in [0.29, 0.717) is 6.54 Å². The Bertz CT molecular complexity index is 425. The fourth-order valence-corrected chi connectivity index (χ4v) is 1.93. The maximum Gasteiger partial charge on any atom is 0.389 e. The Morgan fingerprint density at radius 2 is 1.94 bits per heavy atom. The number of quaternary nitrogens is 1. The lowest BCUT2D eigenvalue weighted by atomic mass is 9.92. The smallest absolute Gasteiger partial charge is 0.271 e. The van der Waals surface area contributed by atoms with Crippen LogP contribution in [-0.2, 0) is 15.2 Å². The van der Waals surface area contributed by atoms with Gasteiger partial charge < -0.3 is 0 Å². The number of benzene rings is 1. The molecule has 0 aliphatic rings. The van der Waals surface area contributed by atoms with Gasteiger partial charge in [-0.2, -0.15) is 0 Å². The third-order valence-corrected chi connectivity index (χ3v) is 3.72. The zero-order chi connectivity index (χ0) is 13.8. The van der Waals surface area contributed by atoms with Gasteiger partial charge in [0.2, 0.25) is 0 Å². The first-order valence-electron chi connectivity index (χ1n) is 6.14. The van der Waals surface area contributed by atoms with E-state index in [1.807, 2.05) is 44.3 Å². The largest absolute Gasteiger partial charge is 0.389 e. The van der Waals surface area contributed by atoms with Crippen molar-refractivity contribution in [3.8, 4) is 0 Å². The second-order valence-corrected chi connectivity index (χ2v) is 4.96. The SMILES string of the molecule is C=CC(=O)O[N+](C)(CC)C(C)(C)c1ccccc1. The Labute approximate surface area is 109 Å². The maximum absolute atomic E-state index is 11.5. The Kier molecular flexibility index (Phi) is 4.30. The minimum absolute atomic E-state index is 0.182. The summed E-state index contributed by atoms with van der Waals surface area (Å²) in [6, 6.07) is 10.1. The molecule has 0 aliphatic carbocycles. The molecule has 0 spiro atoms. The van der Waals surface area contributed by atoms with Gasteiger partial charge in [0.15, 0.2) is 5.54 Å². The third kappa shape index (κ3) is 2.62. The molecule has 0 N–H and O–H groups in total. The maximum atomic E-state index is 11.5. The number of hydrogen-bond acceptors (Lipinski definition) is 2. The first kappa shape index (κ1) is 14.5. The van der Waals surface area contributed by atoms with Crippen LogP contribution in [0, 0.1) is 0 Å². The number of carbonyl (C=O) groups excluding carboxylic acids is 1.